The summed E-state index contributed by atoms with van der Waals surface area (Å²) < 4.78 is 5.14. The number of hydrogen-bond donors (Lipinski definition) is 1. The minimum absolute atomic E-state index is 0.550. The highest BCUT2D eigenvalue weighted by Crippen LogP contribution is 2.16. The van der Waals surface area contributed by atoms with Crippen LogP contribution < -0.4 is 5.32 Å². The lowest BCUT2D eigenvalue weighted by molar-refractivity contribution is 0.185. The molecule has 0 bridgehead atoms. The zero-order valence-electron chi connectivity index (χ0n) is 9.92. The van der Waals surface area contributed by atoms with Crippen molar-refractivity contribution in [3.8, 4) is 0 Å². The van der Waals surface area contributed by atoms with Crippen LogP contribution in [0, 0.1) is 0 Å². The van der Waals surface area contributed by atoms with E-state index in [-0.39, 0.29) is 0 Å². The van der Waals surface area contributed by atoms with Crippen LogP contribution in [0.1, 0.15) is 11.4 Å². The molecule has 6 heteroatoms. The Morgan fingerprint density at radius 2 is 2.18 bits per heavy atom. The third-order valence-corrected chi connectivity index (χ3v) is 2.30. The molecule has 0 aliphatic carbocycles. The molecule has 90 valence electrons. The second-order valence-corrected chi connectivity index (χ2v) is 3.64. The zero-order chi connectivity index (χ0) is 12.1. The number of hydrogen-bond acceptors (Lipinski definition) is 5. The Labute approximate surface area is 99.6 Å². The number of benzene rings is 1. The lowest BCUT2D eigenvalue weighted by atomic mass is 10.2. The summed E-state index contributed by atoms with van der Waals surface area (Å²) in [5, 5.41) is 15.1. The van der Waals surface area contributed by atoms with E-state index in [0.29, 0.717) is 19.0 Å². The quantitative estimate of drug-likeness (QED) is 0.833. The molecule has 2 rings (SSSR count). The first kappa shape index (κ1) is 11.5. The minimum atomic E-state index is 0.550. The molecule has 0 spiro atoms. The van der Waals surface area contributed by atoms with E-state index in [2.05, 4.69) is 20.7 Å². The van der Waals surface area contributed by atoms with Crippen molar-refractivity contribution in [3.63, 3.8) is 0 Å². The van der Waals surface area contributed by atoms with Gasteiger partial charge in [-0.2, -0.15) is 4.80 Å². The summed E-state index contributed by atoms with van der Waals surface area (Å²) in [4.78, 5) is 1.44. The fourth-order valence-electron chi connectivity index (χ4n) is 1.54. The second kappa shape index (κ2) is 5.40. The van der Waals surface area contributed by atoms with Crippen LogP contribution in [0.3, 0.4) is 0 Å². The molecule has 0 atom stereocenters. The maximum absolute atomic E-state index is 5.14. The van der Waals surface area contributed by atoms with E-state index in [1.165, 1.54) is 4.80 Å². The summed E-state index contributed by atoms with van der Waals surface area (Å²) in [6.07, 6.45) is 0. The first-order valence-corrected chi connectivity index (χ1v) is 5.33. The lowest BCUT2D eigenvalue weighted by Crippen LogP contribution is -2.05. The van der Waals surface area contributed by atoms with Crippen molar-refractivity contribution < 1.29 is 4.74 Å². The molecular weight excluding hydrogens is 218 g/mol. The Morgan fingerprint density at radius 1 is 1.35 bits per heavy atom. The number of para-hydroxylation sites is 1. The molecule has 1 aromatic heterocycles. The summed E-state index contributed by atoms with van der Waals surface area (Å²) in [6.45, 7) is 1.13. The Bertz CT molecular complexity index is 482. The molecule has 17 heavy (non-hydrogen) atoms. The molecule has 6 nitrogen and oxygen atoms in total. The topological polar surface area (TPSA) is 64.9 Å². The molecule has 1 heterocycles. The minimum Gasteiger partial charge on any atom is -0.380 e. The number of rotatable bonds is 5. The number of ether oxygens (including phenoxy) is 1. The van der Waals surface area contributed by atoms with Gasteiger partial charge in [0, 0.05) is 18.4 Å². The predicted octanol–water partition coefficient (Wildman–Crippen LogP) is 0.969. The Kier molecular flexibility index (Phi) is 3.66. The van der Waals surface area contributed by atoms with Gasteiger partial charge in [-0.05, 0) is 11.3 Å². The number of nitrogens with zero attached hydrogens (tertiary/aromatic N) is 4. The van der Waals surface area contributed by atoms with E-state index in [1.807, 2.05) is 24.3 Å². The number of methoxy groups -OCH3 is 1. The molecule has 0 aliphatic heterocycles. The predicted molar refractivity (Wildman–Crippen MR) is 63.3 cm³/mol. The van der Waals surface area contributed by atoms with E-state index < -0.39 is 0 Å². The fourth-order valence-corrected chi connectivity index (χ4v) is 1.54. The van der Waals surface area contributed by atoms with E-state index in [9.17, 15) is 0 Å². The number of aryl methyl sites for hydroxylation is 1. The van der Waals surface area contributed by atoms with Gasteiger partial charge in [-0.25, -0.2) is 0 Å². The molecule has 0 saturated heterocycles. The first-order chi connectivity index (χ1) is 8.29. The average molecular weight is 233 g/mol. The van der Waals surface area contributed by atoms with Crippen molar-refractivity contribution in [2.75, 3.05) is 12.4 Å². The van der Waals surface area contributed by atoms with Crippen molar-refractivity contribution in [2.45, 2.75) is 13.2 Å². The summed E-state index contributed by atoms with van der Waals surface area (Å²) in [5.41, 5.74) is 2.14. The van der Waals surface area contributed by atoms with Gasteiger partial charge in [-0.3, -0.25) is 0 Å². The van der Waals surface area contributed by atoms with Crippen LogP contribution in [0.2, 0.25) is 0 Å². The highest BCUT2D eigenvalue weighted by Gasteiger charge is 2.03. The fraction of sp³-hybridized carbons (Fsp3) is 0.364. The molecule has 0 fully saturated rings. The molecule has 0 unspecified atom stereocenters. The van der Waals surface area contributed by atoms with Crippen molar-refractivity contribution in [1.82, 2.24) is 20.2 Å². The molecule has 0 amide bonds. The van der Waals surface area contributed by atoms with Crippen molar-refractivity contribution >= 4 is 5.69 Å². The van der Waals surface area contributed by atoms with Crippen LogP contribution in [0.4, 0.5) is 5.69 Å². The van der Waals surface area contributed by atoms with Gasteiger partial charge < -0.3 is 10.1 Å². The Morgan fingerprint density at radius 3 is 2.88 bits per heavy atom. The van der Waals surface area contributed by atoms with Gasteiger partial charge in [0.2, 0.25) is 0 Å². The third kappa shape index (κ3) is 3.01. The van der Waals surface area contributed by atoms with E-state index in [0.717, 1.165) is 11.3 Å². The van der Waals surface area contributed by atoms with Gasteiger partial charge in [-0.1, -0.05) is 18.2 Å². The van der Waals surface area contributed by atoms with Gasteiger partial charge >= 0.3 is 0 Å². The zero-order valence-corrected chi connectivity index (χ0v) is 9.92. The van der Waals surface area contributed by atoms with E-state index >= 15 is 0 Å². The van der Waals surface area contributed by atoms with Gasteiger partial charge in [0.1, 0.15) is 0 Å². The normalized spacial score (nSPS) is 10.5. The van der Waals surface area contributed by atoms with Crippen LogP contribution in [-0.2, 0) is 24.9 Å². The summed E-state index contributed by atoms with van der Waals surface area (Å²) in [7, 11) is 3.43. The smallest absolute Gasteiger partial charge is 0.193 e. The van der Waals surface area contributed by atoms with Gasteiger partial charge in [-0.15, -0.1) is 10.2 Å². The maximum Gasteiger partial charge on any atom is 0.193 e. The van der Waals surface area contributed by atoms with Gasteiger partial charge in [0.05, 0.1) is 20.2 Å². The van der Waals surface area contributed by atoms with Crippen molar-refractivity contribution in [1.29, 1.82) is 0 Å². The standard InChI is InChI=1S/C11H15N5O/c1-16-14-11(13-15-16)7-12-10-6-4-3-5-9(10)8-17-2/h3-6,12H,7-8H2,1-2H3. The molecule has 2 aromatic rings. The van der Waals surface area contributed by atoms with Crippen LogP contribution in [-0.4, -0.2) is 27.3 Å². The number of tetrazole rings is 1. The molecule has 0 saturated carbocycles. The maximum atomic E-state index is 5.14. The molecular formula is C11H15N5O. The number of nitrogens with one attached hydrogen (secondary N) is 1. The summed E-state index contributed by atoms with van der Waals surface area (Å²) in [6, 6.07) is 7.99. The largest absolute Gasteiger partial charge is 0.380 e. The molecule has 0 aliphatic rings. The molecule has 1 aromatic carbocycles. The van der Waals surface area contributed by atoms with Crippen LogP contribution in [0.15, 0.2) is 24.3 Å². The third-order valence-electron chi connectivity index (χ3n) is 2.30. The molecule has 0 radical (unpaired) electrons. The van der Waals surface area contributed by atoms with Crippen LogP contribution in [0.25, 0.3) is 0 Å². The monoisotopic (exact) mass is 233 g/mol. The number of anilines is 1. The van der Waals surface area contributed by atoms with Gasteiger partial charge in [0.25, 0.3) is 0 Å². The number of aromatic nitrogens is 4. The lowest BCUT2D eigenvalue weighted by Gasteiger charge is -2.09. The first-order valence-electron chi connectivity index (χ1n) is 5.33. The van der Waals surface area contributed by atoms with E-state index in [1.54, 1.807) is 14.2 Å². The van der Waals surface area contributed by atoms with Gasteiger partial charge in [0.15, 0.2) is 5.82 Å². The highest BCUT2D eigenvalue weighted by atomic mass is 16.5. The highest BCUT2D eigenvalue weighted by molar-refractivity contribution is 5.50. The van der Waals surface area contributed by atoms with Crippen LogP contribution in [0.5, 0.6) is 0 Å². The SMILES string of the molecule is COCc1ccccc1NCc1nnn(C)n1. The molecule has 1 N–H and O–H groups in total. The summed E-state index contributed by atoms with van der Waals surface area (Å²) >= 11 is 0. The van der Waals surface area contributed by atoms with Crippen LogP contribution >= 0.6 is 0 Å². The van der Waals surface area contributed by atoms with Crippen molar-refractivity contribution in [3.05, 3.63) is 35.7 Å². The second-order valence-electron chi connectivity index (χ2n) is 3.64. The van der Waals surface area contributed by atoms with Crippen molar-refractivity contribution in [2.24, 2.45) is 7.05 Å². The Balaban J connectivity index is 2.03. The average Bonchev–Trinajstić information content (AvgIpc) is 2.74. The summed E-state index contributed by atoms with van der Waals surface area (Å²) in [5.74, 6) is 0.666. The van der Waals surface area contributed by atoms with E-state index in [4.69, 9.17) is 4.74 Å². The Hall–Kier alpha value is -1.95.